The summed E-state index contributed by atoms with van der Waals surface area (Å²) in [5.41, 5.74) is -8.30. The molecule has 0 aliphatic rings. The molecule has 0 fully saturated rings. The van der Waals surface area contributed by atoms with E-state index in [1.54, 1.807) is 84.9 Å². The van der Waals surface area contributed by atoms with E-state index in [2.05, 4.69) is 0 Å². The van der Waals surface area contributed by atoms with Gasteiger partial charge in [0.15, 0.2) is 0 Å². The fraction of sp³-hybridized carbons (Fsp3) is 0.311. The first-order valence-electron chi connectivity index (χ1n) is 33.6. The summed E-state index contributed by atoms with van der Waals surface area (Å²) in [5.74, 6) is -4.98. The Bertz CT molecular complexity index is 3930. The highest BCUT2D eigenvalue weighted by atomic mass is 16.3. The first-order chi connectivity index (χ1) is 40.8. The molecule has 2 aromatic heterocycles. The van der Waals surface area contributed by atoms with Crippen molar-refractivity contribution < 1.29 is 39.4 Å². The number of phenolic OH excluding ortho intramolecular Hbond substituents is 1. The summed E-state index contributed by atoms with van der Waals surface area (Å²) in [6.45, 7) is -19.8. The summed E-state index contributed by atoms with van der Waals surface area (Å²) in [5, 5.41) is 13.1. The summed E-state index contributed by atoms with van der Waals surface area (Å²) < 4.78 is 219. The largest absolute Gasteiger partial charge is 0.507 e. The van der Waals surface area contributed by atoms with E-state index in [4.69, 9.17) is 44.2 Å². The number of benzene rings is 6. The van der Waals surface area contributed by atoms with Crippen molar-refractivity contribution >= 4 is 11.0 Å². The Hall–Kier alpha value is -6.26. The van der Waals surface area contributed by atoms with Gasteiger partial charge in [0.25, 0.3) is 0 Å². The maximum absolute atomic E-state index is 13.1. The smallest absolute Gasteiger partial charge is 0.149 e. The van der Waals surface area contributed by atoms with Crippen molar-refractivity contribution in [1.29, 1.82) is 0 Å². The fourth-order valence-electron chi connectivity index (χ4n) is 8.18. The van der Waals surface area contributed by atoms with Gasteiger partial charge < -0.3 is 5.11 Å². The van der Waals surface area contributed by atoms with Gasteiger partial charge in [-0.3, -0.25) is 9.55 Å². The van der Waals surface area contributed by atoms with E-state index in [0.29, 0.717) is 50.7 Å². The molecule has 0 unspecified atom stereocenters. The van der Waals surface area contributed by atoms with Crippen molar-refractivity contribution in [3.8, 4) is 67.5 Å². The lowest BCUT2D eigenvalue weighted by Crippen LogP contribution is -2.17. The molecule has 0 aliphatic carbocycles. The van der Waals surface area contributed by atoms with Crippen LogP contribution in [0.25, 0.3) is 72.7 Å². The van der Waals surface area contributed by atoms with Crippen LogP contribution in [0.3, 0.4) is 0 Å². The van der Waals surface area contributed by atoms with E-state index in [9.17, 15) is 5.11 Å². The average molecular weight is 883 g/mol. The minimum absolute atomic E-state index is 0.0639. The predicted octanol–water partition coefficient (Wildman–Crippen LogP) is 16.8. The number of fused-ring (bicyclic) bond motifs is 1. The molecule has 0 atom stereocenters. The fourth-order valence-corrected chi connectivity index (χ4v) is 8.18. The Balaban J connectivity index is 1.59. The maximum Gasteiger partial charge on any atom is 0.149 e. The van der Waals surface area contributed by atoms with E-state index in [0.717, 1.165) is 5.56 Å². The van der Waals surface area contributed by atoms with Crippen molar-refractivity contribution in [3.05, 3.63) is 167 Å². The minimum Gasteiger partial charge on any atom is -0.507 e. The van der Waals surface area contributed by atoms with E-state index in [-0.39, 0.29) is 33.9 Å². The standard InChI is InChI=1S/C61H67N3O/c1-38(2)46-23-18-19-24-47(46)40-29-30-62-52(34-40)42-31-41(32-44(33-42)59(6,7)8)48-25-20-26-54-55(48)63-57(50-36-45(60(9,10)11)37-51(56(50)65)61(12,13)14)64(54)53-28-27-43(58(3,4)5)35-49(53)39-21-16-15-17-22-39/h15-38,65H,1-14H3/i1D3,2D3,9D3,10D3,11D3,12D3,13D3,14D3,38D. The summed E-state index contributed by atoms with van der Waals surface area (Å²) in [6, 6.07) is 34.6. The van der Waals surface area contributed by atoms with Crippen LogP contribution < -0.4 is 0 Å². The van der Waals surface area contributed by atoms with Crippen molar-refractivity contribution in [3.63, 3.8) is 0 Å². The van der Waals surface area contributed by atoms with Gasteiger partial charge in [-0.05, 0) is 121 Å². The Morgan fingerprint density at radius 2 is 1.20 bits per heavy atom. The number of imidazole rings is 1. The monoisotopic (exact) mass is 883 g/mol. The molecular formula is C61H67N3O. The van der Waals surface area contributed by atoms with Crippen LogP contribution in [0, 0.1) is 0 Å². The highest BCUT2D eigenvalue weighted by Crippen LogP contribution is 2.46. The summed E-state index contributed by atoms with van der Waals surface area (Å²) in [6.07, 6.45) is 1.44. The molecule has 0 radical (unpaired) electrons. The Labute approximate surface area is 423 Å². The summed E-state index contributed by atoms with van der Waals surface area (Å²) in [7, 11) is 0. The van der Waals surface area contributed by atoms with Crippen LogP contribution in [-0.4, -0.2) is 19.6 Å². The number of phenols is 1. The molecule has 332 valence electrons. The summed E-state index contributed by atoms with van der Waals surface area (Å²) in [4.78, 5) is 9.89. The van der Waals surface area contributed by atoms with Crippen LogP contribution in [0.15, 0.2) is 140 Å². The molecule has 4 nitrogen and oxygen atoms in total. The molecule has 6 aromatic carbocycles. The number of hydrogen-bond acceptors (Lipinski definition) is 3. The third kappa shape index (κ3) is 8.93. The number of nitrogens with zero attached hydrogens (tertiary/aromatic N) is 3. The van der Waals surface area contributed by atoms with Gasteiger partial charge in [-0.25, -0.2) is 4.98 Å². The third-order valence-electron chi connectivity index (χ3n) is 11.7. The highest BCUT2D eigenvalue weighted by molar-refractivity contribution is 5.98. The van der Waals surface area contributed by atoms with Crippen molar-refractivity contribution in [2.75, 3.05) is 0 Å². The zero-order chi connectivity index (χ0) is 67.7. The van der Waals surface area contributed by atoms with Crippen LogP contribution in [0.1, 0.15) is 164 Å². The van der Waals surface area contributed by atoms with Gasteiger partial charge in [0.2, 0.25) is 0 Å². The first kappa shape index (κ1) is 23.8. The number of para-hydroxylation sites is 1. The van der Waals surface area contributed by atoms with Gasteiger partial charge in [-0.2, -0.15) is 0 Å². The van der Waals surface area contributed by atoms with Gasteiger partial charge in [-0.15, -0.1) is 0 Å². The van der Waals surface area contributed by atoms with Gasteiger partial charge in [-0.1, -0.05) is 181 Å². The molecule has 0 saturated heterocycles. The first-order valence-corrected chi connectivity index (χ1v) is 21.1. The number of rotatable bonds is 7. The molecule has 0 saturated carbocycles. The molecule has 8 aromatic rings. The zero-order valence-corrected chi connectivity index (χ0v) is 37.1. The SMILES string of the molecule is [2H]C([2H])([2H])C([2H])(c1ccccc1-c1ccnc(-c2cc(-c3cccc4c3nc(-c3cc(C(C([2H])([2H])[2H])(C([2H])([2H])[2H])C([2H])([2H])[2H])cc(C(C([2H])([2H])[2H])(C([2H])([2H])[2H])C([2H])([2H])[2H])c3O)n4-c3ccc(C(C)(C)C)cc3-c3ccccc3)cc(C(C)(C)C)c2)c1)C([2H])([2H])[2H]. The van der Waals surface area contributed by atoms with Crippen LogP contribution >= 0.6 is 0 Å². The molecule has 8 rings (SSSR count). The molecule has 0 spiro atoms. The van der Waals surface area contributed by atoms with E-state index in [1.807, 2.05) is 59.7 Å². The van der Waals surface area contributed by atoms with Crippen LogP contribution in [-0.2, 0) is 21.7 Å². The molecule has 2 heterocycles. The minimum atomic E-state index is -4.20. The molecule has 1 N–H and O–H groups in total. The van der Waals surface area contributed by atoms with Gasteiger partial charge >= 0.3 is 0 Å². The second-order valence-electron chi connectivity index (χ2n) is 18.6. The van der Waals surface area contributed by atoms with Crippen molar-refractivity contribution in [1.82, 2.24) is 14.5 Å². The second-order valence-corrected chi connectivity index (χ2v) is 18.6. The number of aromatic hydroxyl groups is 1. The van der Waals surface area contributed by atoms with Crippen LogP contribution in [0.5, 0.6) is 5.75 Å². The average Bonchev–Trinajstić information content (AvgIpc) is 0.784. The van der Waals surface area contributed by atoms with Gasteiger partial charge in [0.1, 0.15) is 11.6 Å². The topological polar surface area (TPSA) is 50.9 Å². The predicted molar refractivity (Wildman–Crippen MR) is 277 cm³/mol. The Kier molecular flexibility index (Phi) is 6.08. The van der Waals surface area contributed by atoms with Gasteiger partial charge in [0.05, 0.1) is 28.0 Å². The quantitative estimate of drug-likeness (QED) is 0.173. The highest BCUT2D eigenvalue weighted by Gasteiger charge is 2.30. The normalized spacial score (nSPS) is 20.1. The molecular weight excluding hydrogens is 791 g/mol. The van der Waals surface area contributed by atoms with Gasteiger partial charge in [0, 0.05) is 62.7 Å². The van der Waals surface area contributed by atoms with E-state index < -0.39 is 111 Å². The van der Waals surface area contributed by atoms with Crippen molar-refractivity contribution in [2.24, 2.45) is 0 Å². The molecule has 4 heteroatoms. The van der Waals surface area contributed by atoms with Crippen LogP contribution in [0.4, 0.5) is 0 Å². The lowest BCUT2D eigenvalue weighted by molar-refractivity contribution is 0.446. The number of aromatic nitrogens is 3. The lowest BCUT2D eigenvalue weighted by atomic mass is 9.79. The number of pyridine rings is 1. The third-order valence-corrected chi connectivity index (χ3v) is 11.7. The van der Waals surface area contributed by atoms with E-state index >= 15 is 0 Å². The number of hydrogen-bond donors (Lipinski definition) is 1. The Morgan fingerprint density at radius 1 is 0.538 bits per heavy atom. The maximum atomic E-state index is 13.1. The van der Waals surface area contributed by atoms with Crippen molar-refractivity contribution in [2.45, 2.75) is 124 Å². The Morgan fingerprint density at radius 3 is 1.91 bits per heavy atom. The molecule has 0 aliphatic heterocycles. The molecule has 0 amide bonds. The van der Waals surface area contributed by atoms with Crippen LogP contribution in [0.2, 0.25) is 0 Å². The molecule has 0 bridgehead atoms. The second kappa shape index (κ2) is 16.6. The zero-order valence-electron chi connectivity index (χ0n) is 62.1. The van der Waals surface area contributed by atoms with E-state index in [1.165, 1.54) is 29.0 Å². The summed E-state index contributed by atoms with van der Waals surface area (Å²) >= 11 is 0. The molecule has 65 heavy (non-hydrogen) atoms. The lowest BCUT2D eigenvalue weighted by Gasteiger charge is -2.28.